The first-order valence-electron chi connectivity index (χ1n) is 3.62. The number of aromatic amines is 1. The van der Waals surface area contributed by atoms with Crippen LogP contribution in [0.4, 0.5) is 0 Å². The van der Waals surface area contributed by atoms with Gasteiger partial charge >= 0.3 is 0 Å². The van der Waals surface area contributed by atoms with Gasteiger partial charge in [0.15, 0.2) is 5.78 Å². The van der Waals surface area contributed by atoms with E-state index in [2.05, 4.69) is 10.9 Å². The first-order chi connectivity index (χ1) is 5.75. The number of nitrogens with one attached hydrogen (secondary N) is 1. The van der Waals surface area contributed by atoms with Gasteiger partial charge in [-0.2, -0.15) is 0 Å². The predicted molar refractivity (Wildman–Crippen MR) is 46.5 cm³/mol. The lowest BCUT2D eigenvalue weighted by atomic mass is 10.1. The second kappa shape index (κ2) is 3.74. The molecule has 3 heteroatoms. The van der Waals surface area contributed by atoms with Crippen LogP contribution in [0, 0.1) is 12.3 Å². The molecule has 0 saturated carbocycles. The molecule has 0 aliphatic carbocycles. The minimum atomic E-state index is -0.589. The van der Waals surface area contributed by atoms with Crippen LogP contribution in [0.25, 0.3) is 0 Å². The summed E-state index contributed by atoms with van der Waals surface area (Å²) in [6, 6.07) is 2.84. The molecule has 1 rings (SSSR count). The van der Waals surface area contributed by atoms with E-state index in [1.807, 2.05) is 0 Å². The van der Waals surface area contributed by atoms with Crippen molar-refractivity contribution in [1.29, 1.82) is 0 Å². The van der Waals surface area contributed by atoms with Gasteiger partial charge in [-0.25, -0.2) is 0 Å². The third-order valence-electron chi connectivity index (χ3n) is 1.54. The maximum Gasteiger partial charge on any atom is 0.196 e. The Hall–Kier alpha value is -1.53. The van der Waals surface area contributed by atoms with Gasteiger partial charge in [0.2, 0.25) is 0 Å². The Morgan fingerprint density at radius 2 is 2.58 bits per heavy atom. The summed E-state index contributed by atoms with van der Waals surface area (Å²) in [6.45, 7) is 0. The van der Waals surface area contributed by atoms with E-state index in [-0.39, 0.29) is 12.2 Å². The first-order valence-corrected chi connectivity index (χ1v) is 3.62. The highest BCUT2D eigenvalue weighted by atomic mass is 16.1. The van der Waals surface area contributed by atoms with Crippen LogP contribution in [0.3, 0.4) is 0 Å². The molecular formula is C9H10N2O. The third-order valence-corrected chi connectivity index (χ3v) is 1.54. The van der Waals surface area contributed by atoms with E-state index in [1.54, 1.807) is 18.3 Å². The Morgan fingerprint density at radius 1 is 1.83 bits per heavy atom. The summed E-state index contributed by atoms with van der Waals surface area (Å²) < 4.78 is 0. The molecule has 12 heavy (non-hydrogen) atoms. The van der Waals surface area contributed by atoms with Crippen LogP contribution in [-0.4, -0.2) is 16.8 Å². The topological polar surface area (TPSA) is 58.9 Å². The lowest BCUT2D eigenvalue weighted by Gasteiger charge is -2.03. The summed E-state index contributed by atoms with van der Waals surface area (Å²) in [4.78, 5) is 14.1. The molecule has 0 aliphatic rings. The molecule has 0 saturated heterocycles. The van der Waals surface area contributed by atoms with Gasteiger partial charge in [-0.15, -0.1) is 12.3 Å². The summed E-state index contributed by atoms with van der Waals surface area (Å²) in [7, 11) is 0. The van der Waals surface area contributed by atoms with Gasteiger partial charge in [-0.3, -0.25) is 4.79 Å². The van der Waals surface area contributed by atoms with Crippen molar-refractivity contribution in [2.45, 2.75) is 12.5 Å². The van der Waals surface area contributed by atoms with Crippen LogP contribution >= 0.6 is 0 Å². The van der Waals surface area contributed by atoms with Crippen molar-refractivity contribution < 1.29 is 4.79 Å². The summed E-state index contributed by atoms with van der Waals surface area (Å²) in [5, 5.41) is 0. The smallest absolute Gasteiger partial charge is 0.196 e. The fourth-order valence-electron chi connectivity index (χ4n) is 0.903. The molecule has 1 unspecified atom stereocenters. The van der Waals surface area contributed by atoms with Crippen molar-refractivity contribution in [2.75, 3.05) is 0 Å². The Kier molecular flexibility index (Phi) is 2.67. The largest absolute Gasteiger partial charge is 0.359 e. The lowest BCUT2D eigenvalue weighted by Crippen LogP contribution is -2.30. The quantitative estimate of drug-likeness (QED) is 0.503. The van der Waals surface area contributed by atoms with Crippen molar-refractivity contribution in [1.82, 2.24) is 4.98 Å². The molecule has 0 aliphatic heterocycles. The maximum atomic E-state index is 11.3. The minimum Gasteiger partial charge on any atom is -0.359 e. The van der Waals surface area contributed by atoms with Crippen LogP contribution in [0.5, 0.6) is 0 Å². The number of aromatic nitrogens is 1. The summed E-state index contributed by atoms with van der Waals surface area (Å²) in [6.07, 6.45) is 6.98. The zero-order chi connectivity index (χ0) is 8.97. The fraction of sp³-hybridized carbons (Fsp3) is 0.222. The lowest BCUT2D eigenvalue weighted by molar-refractivity contribution is 0.0958. The molecule has 62 valence electrons. The second-order valence-electron chi connectivity index (χ2n) is 2.46. The number of H-pyrrole nitrogens is 1. The number of carbonyl (C=O) groups excluding carboxylic acids is 1. The van der Waals surface area contributed by atoms with Crippen LogP contribution < -0.4 is 5.73 Å². The average molecular weight is 162 g/mol. The van der Waals surface area contributed by atoms with Gasteiger partial charge in [0.05, 0.1) is 11.7 Å². The highest BCUT2D eigenvalue weighted by molar-refractivity contribution is 5.98. The molecule has 1 aromatic rings. The van der Waals surface area contributed by atoms with Gasteiger partial charge in [0.25, 0.3) is 0 Å². The van der Waals surface area contributed by atoms with E-state index in [1.165, 1.54) is 0 Å². The van der Waals surface area contributed by atoms with E-state index >= 15 is 0 Å². The van der Waals surface area contributed by atoms with E-state index < -0.39 is 6.04 Å². The zero-order valence-electron chi connectivity index (χ0n) is 6.58. The maximum absolute atomic E-state index is 11.3. The third kappa shape index (κ3) is 1.74. The van der Waals surface area contributed by atoms with Crippen molar-refractivity contribution >= 4 is 5.78 Å². The molecule has 0 aromatic carbocycles. The number of nitrogens with two attached hydrogens (primary N) is 1. The first kappa shape index (κ1) is 8.57. The average Bonchev–Trinajstić information content (AvgIpc) is 2.55. The molecule has 3 nitrogen and oxygen atoms in total. The van der Waals surface area contributed by atoms with Crippen molar-refractivity contribution in [3.63, 3.8) is 0 Å². The number of hydrogen-bond acceptors (Lipinski definition) is 2. The number of carbonyl (C=O) groups is 1. The van der Waals surface area contributed by atoms with Crippen molar-refractivity contribution in [2.24, 2.45) is 5.73 Å². The number of rotatable bonds is 3. The molecule has 0 spiro atoms. The number of terminal acetylenes is 1. The Balaban J connectivity index is 2.67. The highest BCUT2D eigenvalue weighted by Crippen LogP contribution is 2.00. The van der Waals surface area contributed by atoms with Crippen molar-refractivity contribution in [3.05, 3.63) is 24.0 Å². The number of hydrogen-bond donors (Lipinski definition) is 2. The second-order valence-corrected chi connectivity index (χ2v) is 2.46. The molecule has 0 amide bonds. The molecule has 0 fully saturated rings. The van der Waals surface area contributed by atoms with Crippen molar-refractivity contribution in [3.8, 4) is 12.3 Å². The van der Waals surface area contributed by atoms with Gasteiger partial charge in [-0.1, -0.05) is 0 Å². The van der Waals surface area contributed by atoms with Gasteiger partial charge in [0, 0.05) is 12.6 Å². The van der Waals surface area contributed by atoms with Gasteiger partial charge in [0.1, 0.15) is 0 Å². The van der Waals surface area contributed by atoms with Crippen LogP contribution in [-0.2, 0) is 0 Å². The minimum absolute atomic E-state index is 0.141. The van der Waals surface area contributed by atoms with Gasteiger partial charge in [-0.05, 0) is 12.1 Å². The van der Waals surface area contributed by atoms with Crippen LogP contribution in [0.2, 0.25) is 0 Å². The fourth-order valence-corrected chi connectivity index (χ4v) is 0.903. The van der Waals surface area contributed by atoms with Crippen LogP contribution in [0.1, 0.15) is 16.9 Å². The summed E-state index contributed by atoms with van der Waals surface area (Å²) in [5.41, 5.74) is 6.02. The number of Topliss-reactive ketones (excluding diaryl/α,β-unsaturated/α-hetero) is 1. The van der Waals surface area contributed by atoms with Gasteiger partial charge < -0.3 is 10.7 Å². The Labute approximate surface area is 71.0 Å². The molecule has 0 radical (unpaired) electrons. The molecular weight excluding hydrogens is 152 g/mol. The van der Waals surface area contributed by atoms with Crippen LogP contribution in [0.15, 0.2) is 18.3 Å². The summed E-state index contributed by atoms with van der Waals surface area (Å²) in [5.74, 6) is 2.21. The molecule has 3 N–H and O–H groups in total. The number of ketones is 1. The summed E-state index contributed by atoms with van der Waals surface area (Å²) >= 11 is 0. The Morgan fingerprint density at radius 3 is 3.08 bits per heavy atom. The van der Waals surface area contributed by atoms with E-state index in [9.17, 15) is 4.79 Å². The van der Waals surface area contributed by atoms with E-state index in [0.717, 1.165) is 0 Å². The molecule has 1 atom stereocenters. The van der Waals surface area contributed by atoms with E-state index in [0.29, 0.717) is 5.69 Å². The highest BCUT2D eigenvalue weighted by Gasteiger charge is 2.14. The normalized spacial score (nSPS) is 12.0. The predicted octanol–water partition coefficient (Wildman–Crippen LogP) is 0.548. The molecule has 1 aromatic heterocycles. The molecule has 1 heterocycles. The SMILES string of the molecule is C#CCC(N)C(=O)c1ccc[nH]1. The van der Waals surface area contributed by atoms with E-state index in [4.69, 9.17) is 12.2 Å². The zero-order valence-corrected chi connectivity index (χ0v) is 6.58. The Bertz CT molecular complexity index is 295. The molecule has 0 bridgehead atoms. The standard InChI is InChI=1S/C9H10N2O/c1-2-4-7(10)9(12)8-5-3-6-11-8/h1,3,5-7,11H,4,10H2. The monoisotopic (exact) mass is 162 g/mol.